The van der Waals surface area contributed by atoms with Gasteiger partial charge in [0.1, 0.15) is 12.4 Å². The van der Waals surface area contributed by atoms with Crippen LogP contribution in [0.1, 0.15) is 17.3 Å². The minimum Gasteiger partial charge on any atom is -0.488 e. The molecule has 0 aliphatic carbocycles. The van der Waals surface area contributed by atoms with Gasteiger partial charge < -0.3 is 14.8 Å². The number of halogens is 1. The monoisotopic (exact) mass is 269 g/mol. The standard InChI is InChI=1S/C12H12ClNO4/c1-7(15)8-2-3-11(10(13)4-8)17-6-9-5-14-12(16)18-9/h2-4,9H,5-6H2,1H3,(H,14,16). The summed E-state index contributed by atoms with van der Waals surface area (Å²) < 4.78 is 10.4. The first-order valence-corrected chi connectivity index (χ1v) is 5.82. The van der Waals surface area contributed by atoms with Crippen LogP contribution < -0.4 is 10.1 Å². The van der Waals surface area contributed by atoms with Crippen molar-refractivity contribution in [1.29, 1.82) is 0 Å². The number of rotatable bonds is 4. The second-order valence-electron chi connectivity index (χ2n) is 3.92. The van der Waals surface area contributed by atoms with Crippen molar-refractivity contribution in [2.24, 2.45) is 0 Å². The third-order valence-electron chi connectivity index (χ3n) is 2.51. The van der Waals surface area contributed by atoms with E-state index in [0.29, 0.717) is 22.9 Å². The molecule has 5 nitrogen and oxygen atoms in total. The van der Waals surface area contributed by atoms with Gasteiger partial charge in [0, 0.05) is 5.56 Å². The molecule has 0 radical (unpaired) electrons. The Kier molecular flexibility index (Phi) is 3.72. The van der Waals surface area contributed by atoms with Crippen LogP contribution in [0.4, 0.5) is 4.79 Å². The first-order valence-electron chi connectivity index (χ1n) is 5.44. The van der Waals surface area contributed by atoms with Crippen LogP contribution in [0.2, 0.25) is 5.02 Å². The molecular formula is C12H12ClNO4. The molecule has 0 spiro atoms. The van der Waals surface area contributed by atoms with Crippen molar-refractivity contribution in [3.05, 3.63) is 28.8 Å². The summed E-state index contributed by atoms with van der Waals surface area (Å²) in [6, 6.07) is 4.82. The van der Waals surface area contributed by atoms with E-state index in [1.54, 1.807) is 18.2 Å². The fourth-order valence-corrected chi connectivity index (χ4v) is 1.78. The van der Waals surface area contributed by atoms with Gasteiger partial charge in [-0.05, 0) is 25.1 Å². The van der Waals surface area contributed by atoms with E-state index in [4.69, 9.17) is 21.1 Å². The Hall–Kier alpha value is -1.75. The van der Waals surface area contributed by atoms with Crippen molar-refractivity contribution in [3.8, 4) is 5.75 Å². The van der Waals surface area contributed by atoms with Gasteiger partial charge in [0.15, 0.2) is 11.9 Å². The lowest BCUT2D eigenvalue weighted by atomic mass is 10.1. The summed E-state index contributed by atoms with van der Waals surface area (Å²) in [4.78, 5) is 21.9. The van der Waals surface area contributed by atoms with Crippen LogP contribution in [-0.4, -0.2) is 31.1 Å². The molecule has 1 fully saturated rings. The van der Waals surface area contributed by atoms with Crippen molar-refractivity contribution in [1.82, 2.24) is 5.32 Å². The van der Waals surface area contributed by atoms with E-state index < -0.39 is 6.09 Å². The largest absolute Gasteiger partial charge is 0.488 e. The summed E-state index contributed by atoms with van der Waals surface area (Å²) in [6.07, 6.45) is -0.761. The molecule has 1 unspecified atom stereocenters. The molecule has 1 atom stereocenters. The van der Waals surface area contributed by atoms with E-state index in [9.17, 15) is 9.59 Å². The number of hydrogen-bond donors (Lipinski definition) is 1. The third kappa shape index (κ3) is 2.92. The molecule has 1 aliphatic rings. The number of Topliss-reactive ketones (excluding diaryl/α,β-unsaturated/α-hetero) is 1. The first-order chi connectivity index (χ1) is 8.56. The molecule has 0 bridgehead atoms. The predicted molar refractivity (Wildman–Crippen MR) is 65.2 cm³/mol. The van der Waals surface area contributed by atoms with Crippen molar-refractivity contribution >= 4 is 23.5 Å². The van der Waals surface area contributed by atoms with E-state index in [-0.39, 0.29) is 18.5 Å². The molecule has 6 heteroatoms. The summed E-state index contributed by atoms with van der Waals surface area (Å²) in [6.45, 7) is 2.11. The summed E-state index contributed by atoms with van der Waals surface area (Å²) in [5.41, 5.74) is 0.529. The number of benzene rings is 1. The molecule has 1 amide bonds. The number of carbonyl (C=O) groups is 2. The average molecular weight is 270 g/mol. The van der Waals surface area contributed by atoms with Crippen molar-refractivity contribution in [3.63, 3.8) is 0 Å². The maximum absolute atomic E-state index is 11.1. The molecule has 1 N–H and O–H groups in total. The van der Waals surface area contributed by atoms with Gasteiger partial charge in [-0.25, -0.2) is 4.79 Å². The van der Waals surface area contributed by atoms with Crippen molar-refractivity contribution in [2.75, 3.05) is 13.2 Å². The van der Waals surface area contributed by atoms with Gasteiger partial charge in [-0.1, -0.05) is 11.6 Å². The van der Waals surface area contributed by atoms with Gasteiger partial charge in [0.25, 0.3) is 0 Å². The van der Waals surface area contributed by atoms with Crippen LogP contribution in [0, 0.1) is 0 Å². The van der Waals surface area contributed by atoms with E-state index >= 15 is 0 Å². The molecule has 0 saturated carbocycles. The number of hydrogen-bond acceptors (Lipinski definition) is 4. The number of cyclic esters (lactones) is 1. The van der Waals surface area contributed by atoms with Gasteiger partial charge in [0.2, 0.25) is 0 Å². The van der Waals surface area contributed by atoms with E-state index in [1.807, 2.05) is 0 Å². The van der Waals surface area contributed by atoms with E-state index in [2.05, 4.69) is 5.32 Å². The summed E-state index contributed by atoms with van der Waals surface area (Å²) in [5, 5.41) is 2.89. The molecule has 1 aliphatic heterocycles. The Labute approximate surface area is 109 Å². The minimum atomic E-state index is -0.443. The Balaban J connectivity index is 1.97. The normalized spacial score (nSPS) is 18.1. The number of ether oxygens (including phenoxy) is 2. The zero-order chi connectivity index (χ0) is 13.1. The average Bonchev–Trinajstić information content (AvgIpc) is 2.73. The number of alkyl carbamates (subject to hydrolysis) is 1. The lowest BCUT2D eigenvalue weighted by Gasteiger charge is -2.11. The minimum absolute atomic E-state index is 0.0580. The van der Waals surface area contributed by atoms with Gasteiger partial charge in [-0.3, -0.25) is 4.79 Å². The summed E-state index contributed by atoms with van der Waals surface area (Å²) >= 11 is 5.99. The Bertz CT molecular complexity index is 489. The van der Waals surface area contributed by atoms with E-state index in [1.165, 1.54) is 6.92 Å². The van der Waals surface area contributed by atoms with Gasteiger partial charge in [-0.15, -0.1) is 0 Å². The fourth-order valence-electron chi connectivity index (χ4n) is 1.54. The number of carbonyl (C=O) groups excluding carboxylic acids is 2. The lowest BCUT2D eigenvalue weighted by Crippen LogP contribution is -2.22. The van der Waals surface area contributed by atoms with Crippen LogP contribution in [0.15, 0.2) is 18.2 Å². The Morgan fingerprint density at radius 1 is 1.61 bits per heavy atom. The highest BCUT2D eigenvalue weighted by Crippen LogP contribution is 2.26. The molecular weight excluding hydrogens is 258 g/mol. The number of ketones is 1. The van der Waals surface area contributed by atoms with Crippen LogP contribution in [0.25, 0.3) is 0 Å². The highest BCUT2D eigenvalue weighted by molar-refractivity contribution is 6.32. The van der Waals surface area contributed by atoms with Gasteiger partial charge in [0.05, 0.1) is 11.6 Å². The van der Waals surface area contributed by atoms with Crippen molar-refractivity contribution < 1.29 is 19.1 Å². The molecule has 18 heavy (non-hydrogen) atoms. The van der Waals surface area contributed by atoms with Crippen LogP contribution in [0.5, 0.6) is 5.75 Å². The quantitative estimate of drug-likeness (QED) is 0.850. The van der Waals surface area contributed by atoms with Crippen LogP contribution in [0.3, 0.4) is 0 Å². The van der Waals surface area contributed by atoms with Crippen LogP contribution >= 0.6 is 11.6 Å². The van der Waals surface area contributed by atoms with Gasteiger partial charge >= 0.3 is 6.09 Å². The topological polar surface area (TPSA) is 64.6 Å². The molecule has 1 saturated heterocycles. The zero-order valence-electron chi connectivity index (χ0n) is 9.73. The number of amides is 1. The molecule has 1 aromatic rings. The second-order valence-corrected chi connectivity index (χ2v) is 4.33. The molecule has 96 valence electrons. The van der Waals surface area contributed by atoms with E-state index in [0.717, 1.165) is 0 Å². The molecule has 2 rings (SSSR count). The van der Waals surface area contributed by atoms with Crippen molar-refractivity contribution in [2.45, 2.75) is 13.0 Å². The van der Waals surface area contributed by atoms with Crippen LogP contribution in [-0.2, 0) is 4.74 Å². The Morgan fingerprint density at radius 3 is 2.94 bits per heavy atom. The molecule has 1 aromatic carbocycles. The Morgan fingerprint density at radius 2 is 2.39 bits per heavy atom. The fraction of sp³-hybridized carbons (Fsp3) is 0.333. The number of nitrogens with one attached hydrogen (secondary N) is 1. The smallest absolute Gasteiger partial charge is 0.407 e. The SMILES string of the molecule is CC(=O)c1ccc(OCC2CNC(=O)O2)c(Cl)c1. The second kappa shape index (κ2) is 5.27. The molecule has 0 aromatic heterocycles. The summed E-state index contributed by atoms with van der Waals surface area (Å²) in [7, 11) is 0. The molecule has 1 heterocycles. The predicted octanol–water partition coefficient (Wildman–Crippen LogP) is 2.03. The summed E-state index contributed by atoms with van der Waals surface area (Å²) in [5.74, 6) is 0.405. The first kappa shape index (κ1) is 12.7. The highest BCUT2D eigenvalue weighted by atomic mass is 35.5. The lowest BCUT2D eigenvalue weighted by molar-refractivity contribution is 0.101. The maximum atomic E-state index is 11.1. The highest BCUT2D eigenvalue weighted by Gasteiger charge is 2.23. The maximum Gasteiger partial charge on any atom is 0.407 e. The zero-order valence-corrected chi connectivity index (χ0v) is 10.5. The third-order valence-corrected chi connectivity index (χ3v) is 2.81. The van der Waals surface area contributed by atoms with Gasteiger partial charge in [-0.2, -0.15) is 0 Å².